The first-order valence-electron chi connectivity index (χ1n) is 12.0. The number of halogens is 1. The minimum atomic E-state index is -1.60. The molecule has 0 amide bonds. The van der Waals surface area contributed by atoms with Gasteiger partial charge in [0, 0.05) is 47.9 Å². The zero-order chi connectivity index (χ0) is 26.0. The van der Waals surface area contributed by atoms with Gasteiger partial charge in [0.25, 0.3) is 0 Å². The van der Waals surface area contributed by atoms with E-state index in [1.54, 1.807) is 45.1 Å². The van der Waals surface area contributed by atoms with Gasteiger partial charge in [-0.2, -0.15) is 0 Å². The van der Waals surface area contributed by atoms with E-state index in [-0.39, 0.29) is 0 Å². The summed E-state index contributed by atoms with van der Waals surface area (Å²) in [5, 5.41) is 13.6. The second-order valence-corrected chi connectivity index (χ2v) is 9.63. The predicted molar refractivity (Wildman–Crippen MR) is 144 cm³/mol. The smallest absolute Gasteiger partial charge is 0.199 e. The molecular formula is C29H34FN5O. The van der Waals surface area contributed by atoms with Crippen LogP contribution in [0.3, 0.4) is 0 Å². The zero-order valence-electron chi connectivity index (χ0n) is 21.3. The van der Waals surface area contributed by atoms with E-state index >= 15 is 4.39 Å². The Balaban J connectivity index is 1.66. The van der Waals surface area contributed by atoms with Crippen molar-refractivity contribution in [3.8, 4) is 0 Å². The fourth-order valence-corrected chi connectivity index (χ4v) is 4.71. The summed E-state index contributed by atoms with van der Waals surface area (Å²) in [5.41, 5.74) is 9.83. The van der Waals surface area contributed by atoms with E-state index in [1.165, 1.54) is 17.3 Å². The van der Waals surface area contributed by atoms with Gasteiger partial charge in [-0.1, -0.05) is 36.9 Å². The molecule has 36 heavy (non-hydrogen) atoms. The van der Waals surface area contributed by atoms with E-state index < -0.39 is 11.9 Å². The fourth-order valence-electron chi connectivity index (χ4n) is 4.71. The number of aliphatic imine (C=N–C) groups is 1. The Bertz CT molecular complexity index is 1250. The lowest BCUT2D eigenvalue weighted by atomic mass is 9.94. The monoisotopic (exact) mass is 487 g/mol. The number of aliphatic hydroxyl groups is 1. The molecule has 0 aliphatic carbocycles. The lowest BCUT2D eigenvalue weighted by molar-refractivity contribution is 0.120. The number of nitrogens with one attached hydrogen (secondary N) is 1. The van der Waals surface area contributed by atoms with Crippen molar-refractivity contribution in [3.63, 3.8) is 0 Å². The van der Waals surface area contributed by atoms with Gasteiger partial charge in [-0.05, 0) is 68.8 Å². The summed E-state index contributed by atoms with van der Waals surface area (Å²) in [6.45, 7) is 12.7. The Hall–Kier alpha value is -3.84. The molecular weight excluding hydrogens is 453 g/mol. The molecule has 4 N–H and O–H groups in total. The summed E-state index contributed by atoms with van der Waals surface area (Å²) < 4.78 is 16.1. The van der Waals surface area contributed by atoms with Crippen LogP contribution in [-0.4, -0.2) is 32.6 Å². The topological polar surface area (TPSA) is 77.1 Å². The molecule has 4 rings (SSSR count). The van der Waals surface area contributed by atoms with Gasteiger partial charge in [0.15, 0.2) is 6.30 Å². The second kappa shape index (κ2) is 10.0. The molecule has 6 nitrogen and oxygen atoms in total. The summed E-state index contributed by atoms with van der Waals surface area (Å²) >= 11 is 0. The number of hydrogen-bond donors (Lipinski definition) is 3. The van der Waals surface area contributed by atoms with Crippen LogP contribution in [0.15, 0.2) is 113 Å². The Kier molecular flexibility index (Phi) is 7.04. The van der Waals surface area contributed by atoms with Crippen molar-refractivity contribution >= 4 is 5.84 Å². The van der Waals surface area contributed by atoms with Gasteiger partial charge in [-0.3, -0.25) is 0 Å². The highest BCUT2D eigenvalue weighted by atomic mass is 19.1. The lowest BCUT2D eigenvalue weighted by Gasteiger charge is -2.35. The van der Waals surface area contributed by atoms with Crippen molar-refractivity contribution in [1.82, 2.24) is 15.1 Å². The molecule has 0 spiro atoms. The van der Waals surface area contributed by atoms with Crippen molar-refractivity contribution in [2.75, 3.05) is 0 Å². The number of nitrogens with zero attached hydrogens (tertiary/aromatic N) is 3. The largest absolute Gasteiger partial charge is 0.405 e. The second-order valence-electron chi connectivity index (χ2n) is 9.63. The van der Waals surface area contributed by atoms with Crippen LogP contribution in [0, 0.1) is 0 Å². The Morgan fingerprint density at radius 3 is 2.50 bits per heavy atom. The Labute approximate surface area is 212 Å². The first-order chi connectivity index (χ1) is 17.1. The Morgan fingerprint density at radius 2 is 1.92 bits per heavy atom. The fraction of sp³-hybridized carbons (Fsp3) is 0.276. The first kappa shape index (κ1) is 25.3. The van der Waals surface area contributed by atoms with Crippen molar-refractivity contribution < 1.29 is 9.50 Å². The highest BCUT2D eigenvalue weighted by molar-refractivity contribution is 6.03. The van der Waals surface area contributed by atoms with Gasteiger partial charge in [-0.15, -0.1) is 0 Å². The molecule has 1 aromatic carbocycles. The van der Waals surface area contributed by atoms with E-state index in [9.17, 15) is 5.11 Å². The summed E-state index contributed by atoms with van der Waals surface area (Å²) in [5.74, 6) is 1.24. The van der Waals surface area contributed by atoms with E-state index in [1.807, 2.05) is 36.2 Å². The maximum atomic E-state index is 16.1. The third kappa shape index (κ3) is 5.06. The number of alkyl halides is 1. The average molecular weight is 488 g/mol. The molecule has 7 heteroatoms. The molecule has 1 atom stereocenters. The third-order valence-corrected chi connectivity index (χ3v) is 6.36. The summed E-state index contributed by atoms with van der Waals surface area (Å²) in [4.78, 5) is 8.89. The van der Waals surface area contributed by atoms with Gasteiger partial charge in [-0.25, -0.2) is 9.38 Å². The van der Waals surface area contributed by atoms with Crippen molar-refractivity contribution in [2.24, 2.45) is 10.7 Å². The molecule has 3 aliphatic rings. The van der Waals surface area contributed by atoms with Gasteiger partial charge in [0.05, 0.1) is 5.60 Å². The average Bonchev–Trinajstić information content (AvgIpc) is 3.26. The van der Waals surface area contributed by atoms with Crippen molar-refractivity contribution in [2.45, 2.75) is 52.7 Å². The zero-order valence-corrected chi connectivity index (χ0v) is 21.3. The molecule has 3 heterocycles. The van der Waals surface area contributed by atoms with Crippen LogP contribution < -0.4 is 11.1 Å². The standard InChI is InChI=1S/C29H34FN5O/c1-6-24(29(4,5)36)25(12-9-13-31)32-27(30)23-14-19(2)16-35-20(3)15-26(33-28(23)35)34-17-21-10-7-8-11-22(21)18-34/h6-16,27,32,36H,3,17-18,31H2,1-2,4-5H3/b13-9-,24-6+,25-12+. The van der Waals surface area contributed by atoms with Crippen molar-refractivity contribution in [3.05, 3.63) is 119 Å². The number of allylic oxidation sites excluding steroid dienone is 6. The number of hydrogen-bond acceptors (Lipinski definition) is 6. The maximum Gasteiger partial charge on any atom is 0.199 e. The van der Waals surface area contributed by atoms with Crippen LogP contribution >= 0.6 is 0 Å². The van der Waals surface area contributed by atoms with Crippen molar-refractivity contribution in [1.29, 1.82) is 0 Å². The molecule has 0 aromatic heterocycles. The molecule has 0 radical (unpaired) electrons. The van der Waals surface area contributed by atoms with Gasteiger partial charge >= 0.3 is 0 Å². The summed E-state index contributed by atoms with van der Waals surface area (Å²) in [6, 6.07) is 8.32. The molecule has 0 saturated carbocycles. The maximum absolute atomic E-state index is 16.1. The number of nitrogens with two attached hydrogens (primary N) is 1. The minimum Gasteiger partial charge on any atom is -0.405 e. The van der Waals surface area contributed by atoms with Crippen LogP contribution in [0.2, 0.25) is 0 Å². The van der Waals surface area contributed by atoms with E-state index in [0.717, 1.165) is 30.2 Å². The molecule has 0 bridgehead atoms. The SMILES string of the molecule is C=C1C=C(N2Cc3ccccc3C2)N=C2C(C(F)NC(=C/C=C\N)/C(=C\C)C(C)(C)O)=CC(C)=CN12. The molecule has 0 fully saturated rings. The van der Waals surface area contributed by atoms with Gasteiger partial charge < -0.3 is 26.0 Å². The number of amidine groups is 1. The van der Waals surface area contributed by atoms with Crippen LogP contribution in [0.4, 0.5) is 4.39 Å². The summed E-state index contributed by atoms with van der Waals surface area (Å²) in [7, 11) is 0. The van der Waals surface area contributed by atoms with Crippen LogP contribution in [0.25, 0.3) is 0 Å². The van der Waals surface area contributed by atoms with E-state index in [0.29, 0.717) is 22.7 Å². The molecule has 188 valence electrons. The molecule has 1 unspecified atom stereocenters. The minimum absolute atomic E-state index is 0.382. The number of benzene rings is 1. The molecule has 0 saturated heterocycles. The first-order valence-corrected chi connectivity index (χ1v) is 12.0. The third-order valence-electron chi connectivity index (χ3n) is 6.36. The van der Waals surface area contributed by atoms with Crippen LogP contribution in [0.1, 0.15) is 38.8 Å². The van der Waals surface area contributed by atoms with E-state index in [4.69, 9.17) is 10.7 Å². The van der Waals surface area contributed by atoms with Crippen LogP contribution in [-0.2, 0) is 13.1 Å². The predicted octanol–water partition coefficient (Wildman–Crippen LogP) is 4.87. The highest BCUT2D eigenvalue weighted by Crippen LogP contribution is 2.33. The van der Waals surface area contributed by atoms with Crippen LogP contribution in [0.5, 0.6) is 0 Å². The highest BCUT2D eigenvalue weighted by Gasteiger charge is 2.33. The van der Waals surface area contributed by atoms with E-state index in [2.05, 4.69) is 28.9 Å². The van der Waals surface area contributed by atoms with Gasteiger partial charge in [0.1, 0.15) is 11.7 Å². The Morgan fingerprint density at radius 1 is 1.25 bits per heavy atom. The van der Waals surface area contributed by atoms with Gasteiger partial charge in [0.2, 0.25) is 0 Å². The number of rotatable bonds is 7. The normalized spacial score (nSPS) is 19.4. The quantitative estimate of drug-likeness (QED) is 0.378. The summed E-state index contributed by atoms with van der Waals surface area (Å²) in [6.07, 6.45) is 10.4. The molecule has 3 aliphatic heterocycles. The lowest BCUT2D eigenvalue weighted by Crippen LogP contribution is -2.41. The number of fused-ring (bicyclic) bond motifs is 2. The molecule has 1 aromatic rings.